The van der Waals surface area contributed by atoms with E-state index in [2.05, 4.69) is 24.0 Å². The highest BCUT2D eigenvalue weighted by molar-refractivity contribution is 5.28. The Balaban J connectivity index is 0.000000236. The minimum atomic E-state index is -0.543. The molecule has 0 spiro atoms. The first-order valence-corrected chi connectivity index (χ1v) is 9.40. The molecule has 1 aliphatic heterocycles. The van der Waals surface area contributed by atoms with E-state index < -0.39 is 5.82 Å². The molecule has 3 atom stereocenters. The number of nitrogens with zero attached hydrogens (tertiary/aromatic N) is 1. The van der Waals surface area contributed by atoms with E-state index in [-0.39, 0.29) is 11.9 Å². The molecule has 2 aliphatic rings. The minimum absolute atomic E-state index is 0.0941. The van der Waals surface area contributed by atoms with Gasteiger partial charge in [-0.2, -0.15) is 0 Å². The van der Waals surface area contributed by atoms with Crippen LogP contribution in [-0.2, 0) is 6.42 Å². The van der Waals surface area contributed by atoms with Crippen LogP contribution in [0.2, 0.25) is 0 Å². The molecule has 1 unspecified atom stereocenters. The molecule has 2 aromatic carbocycles. The van der Waals surface area contributed by atoms with Gasteiger partial charge in [-0.05, 0) is 55.7 Å². The van der Waals surface area contributed by atoms with Crippen molar-refractivity contribution >= 4 is 0 Å². The van der Waals surface area contributed by atoms with Gasteiger partial charge in [-0.15, -0.1) is 0 Å². The molecule has 0 bridgehead atoms. The Morgan fingerprint density at radius 2 is 1.69 bits per heavy atom. The molecule has 2 aromatic rings. The number of hydrogen-bond donors (Lipinski definition) is 2. The molecular weight excluding hydrogens is 329 g/mol. The van der Waals surface area contributed by atoms with E-state index in [9.17, 15) is 9.50 Å². The van der Waals surface area contributed by atoms with E-state index in [1.807, 2.05) is 18.2 Å². The van der Waals surface area contributed by atoms with Gasteiger partial charge in [0, 0.05) is 19.6 Å². The third kappa shape index (κ3) is 5.05. The summed E-state index contributed by atoms with van der Waals surface area (Å²) >= 11 is 0. The topological polar surface area (TPSA) is 43.7 Å². The zero-order valence-electron chi connectivity index (χ0n) is 15.3. The maximum Gasteiger partial charge on any atom is 0.165 e. The van der Waals surface area contributed by atoms with Gasteiger partial charge in [0.15, 0.2) is 11.6 Å². The summed E-state index contributed by atoms with van der Waals surface area (Å²) in [7, 11) is 0. The highest BCUT2D eigenvalue weighted by Crippen LogP contribution is 2.37. The van der Waals surface area contributed by atoms with E-state index in [0.717, 1.165) is 44.5 Å². The van der Waals surface area contributed by atoms with Crippen LogP contribution in [0.4, 0.5) is 4.39 Å². The lowest BCUT2D eigenvalue weighted by Gasteiger charge is -2.17. The summed E-state index contributed by atoms with van der Waals surface area (Å²) in [5.41, 5.74) is 2.25. The van der Waals surface area contributed by atoms with Crippen LogP contribution in [0.5, 0.6) is 5.75 Å². The van der Waals surface area contributed by atoms with Crippen molar-refractivity contribution in [1.82, 2.24) is 4.90 Å². The Hall–Kier alpha value is -1.91. The van der Waals surface area contributed by atoms with Crippen molar-refractivity contribution in [3.05, 3.63) is 65.5 Å². The summed E-state index contributed by atoms with van der Waals surface area (Å²) in [5.74, 6) is 0.463. The number of fused-ring (bicyclic) bond motifs is 1. The number of hydrogen-bond acceptors (Lipinski definition) is 3. The molecule has 2 N–H and O–H groups in total. The molecule has 26 heavy (non-hydrogen) atoms. The smallest absolute Gasteiger partial charge is 0.165 e. The second kappa shape index (κ2) is 8.65. The predicted octanol–water partition coefficient (Wildman–Crippen LogP) is 3.77. The lowest BCUT2D eigenvalue weighted by Crippen LogP contribution is -2.25. The van der Waals surface area contributed by atoms with Crippen LogP contribution in [0, 0.1) is 24.6 Å². The molecule has 1 saturated heterocycles. The minimum Gasteiger partial charge on any atom is -0.505 e. The molecule has 4 heteroatoms. The zero-order valence-corrected chi connectivity index (χ0v) is 15.3. The van der Waals surface area contributed by atoms with Crippen LogP contribution >= 0.6 is 0 Å². The van der Waals surface area contributed by atoms with Crippen molar-refractivity contribution in [3.8, 4) is 5.75 Å². The van der Waals surface area contributed by atoms with Crippen molar-refractivity contribution < 1.29 is 14.6 Å². The van der Waals surface area contributed by atoms with Gasteiger partial charge in [-0.1, -0.05) is 42.0 Å². The van der Waals surface area contributed by atoms with Crippen LogP contribution in [0.25, 0.3) is 0 Å². The maximum absolute atomic E-state index is 13.2. The third-order valence-electron chi connectivity index (χ3n) is 5.47. The second-order valence-corrected chi connectivity index (χ2v) is 7.60. The number of aromatic hydroxyl groups is 1. The third-order valence-corrected chi connectivity index (χ3v) is 5.47. The highest BCUT2D eigenvalue weighted by atomic mass is 19.1. The Morgan fingerprint density at radius 1 is 1.04 bits per heavy atom. The summed E-state index contributed by atoms with van der Waals surface area (Å²) < 4.78 is 13.2. The lowest BCUT2D eigenvalue weighted by atomic mass is 10.0. The van der Waals surface area contributed by atoms with Gasteiger partial charge in [0.1, 0.15) is 0 Å². The molecule has 3 nitrogen and oxygen atoms in total. The number of rotatable bonds is 3. The van der Waals surface area contributed by atoms with Crippen molar-refractivity contribution in [2.24, 2.45) is 11.8 Å². The van der Waals surface area contributed by atoms with E-state index >= 15 is 0 Å². The first-order valence-electron chi connectivity index (χ1n) is 9.40. The van der Waals surface area contributed by atoms with Gasteiger partial charge >= 0.3 is 0 Å². The van der Waals surface area contributed by atoms with Crippen LogP contribution in [-0.4, -0.2) is 40.9 Å². The average Bonchev–Trinajstić information content (AvgIpc) is 3.14. The molecule has 1 heterocycles. The van der Waals surface area contributed by atoms with Crippen LogP contribution in [0.3, 0.4) is 0 Å². The van der Waals surface area contributed by atoms with Crippen LogP contribution in [0.1, 0.15) is 24.0 Å². The highest BCUT2D eigenvalue weighted by Gasteiger charge is 2.39. The monoisotopic (exact) mass is 357 g/mol. The number of halogens is 1. The van der Waals surface area contributed by atoms with Crippen LogP contribution < -0.4 is 0 Å². The van der Waals surface area contributed by atoms with Crippen molar-refractivity contribution in [1.29, 1.82) is 0 Å². The number of benzene rings is 2. The molecule has 2 fully saturated rings. The Labute approximate surface area is 155 Å². The zero-order chi connectivity index (χ0) is 18.5. The maximum atomic E-state index is 13.2. The fourth-order valence-corrected chi connectivity index (χ4v) is 4.08. The molecule has 0 aromatic heterocycles. The largest absolute Gasteiger partial charge is 0.505 e. The Kier molecular flexibility index (Phi) is 6.28. The number of likely N-dealkylation sites (tertiary alicyclic amines) is 1. The van der Waals surface area contributed by atoms with Gasteiger partial charge in [0.25, 0.3) is 0 Å². The summed E-state index contributed by atoms with van der Waals surface area (Å²) in [5, 5.41) is 18.7. The Bertz CT molecular complexity index is 693. The SMILES string of the molecule is Cc1ccccc1.Oc1ccc(CCN2C[C@H]3CC(O)C[C@H]3C2)cc1F. The summed E-state index contributed by atoms with van der Waals surface area (Å²) in [6, 6.07) is 14.9. The fourth-order valence-electron chi connectivity index (χ4n) is 4.08. The molecule has 1 aliphatic carbocycles. The summed E-state index contributed by atoms with van der Waals surface area (Å²) in [6.07, 6.45) is 2.59. The molecule has 4 rings (SSSR count). The van der Waals surface area contributed by atoms with Crippen molar-refractivity contribution in [2.45, 2.75) is 32.3 Å². The van der Waals surface area contributed by atoms with E-state index in [4.69, 9.17) is 5.11 Å². The number of aliphatic hydroxyl groups excluding tert-OH is 1. The standard InChI is InChI=1S/C15H20FNO2.C7H8/c16-14-5-10(1-2-15(14)19)3-4-17-8-11-6-13(18)7-12(11)9-17;1-7-5-3-2-4-6-7/h1-2,5,11-13,18-19H,3-4,6-9H2;2-6H,1H3/t11-,12+,13?;. The fraction of sp³-hybridized carbons (Fsp3) is 0.455. The van der Waals surface area contributed by atoms with E-state index in [0.29, 0.717) is 11.8 Å². The van der Waals surface area contributed by atoms with Gasteiger partial charge in [-0.3, -0.25) is 0 Å². The molecule has 0 radical (unpaired) electrons. The Morgan fingerprint density at radius 3 is 2.23 bits per heavy atom. The van der Waals surface area contributed by atoms with E-state index in [1.165, 1.54) is 17.7 Å². The first-order chi connectivity index (χ1) is 12.5. The molecule has 0 amide bonds. The quantitative estimate of drug-likeness (QED) is 0.879. The van der Waals surface area contributed by atoms with Gasteiger partial charge in [0.05, 0.1) is 6.10 Å². The number of aliphatic hydroxyl groups is 1. The molecule has 140 valence electrons. The number of phenolic OH excluding ortho intramolecular Hbond substituents is 1. The van der Waals surface area contributed by atoms with E-state index in [1.54, 1.807) is 6.07 Å². The predicted molar refractivity (Wildman–Crippen MR) is 102 cm³/mol. The second-order valence-electron chi connectivity index (χ2n) is 7.60. The van der Waals surface area contributed by atoms with Gasteiger partial charge in [-0.25, -0.2) is 4.39 Å². The van der Waals surface area contributed by atoms with Gasteiger partial charge < -0.3 is 15.1 Å². The van der Waals surface area contributed by atoms with Crippen molar-refractivity contribution in [2.75, 3.05) is 19.6 Å². The molecule has 1 saturated carbocycles. The normalized spacial score (nSPS) is 24.8. The first kappa shape index (κ1) is 18.9. The van der Waals surface area contributed by atoms with Crippen molar-refractivity contribution in [3.63, 3.8) is 0 Å². The van der Waals surface area contributed by atoms with Gasteiger partial charge in [0.2, 0.25) is 0 Å². The summed E-state index contributed by atoms with van der Waals surface area (Å²) in [6.45, 7) is 5.12. The summed E-state index contributed by atoms with van der Waals surface area (Å²) in [4.78, 5) is 2.41. The molecular formula is C22H28FNO2. The lowest BCUT2D eigenvalue weighted by molar-refractivity contribution is 0.162. The van der Waals surface area contributed by atoms with Crippen LogP contribution in [0.15, 0.2) is 48.5 Å². The number of aryl methyl sites for hydroxylation is 1. The average molecular weight is 357 g/mol. The number of phenols is 1.